The topological polar surface area (TPSA) is 73.8 Å². The Bertz CT molecular complexity index is 606. The first-order chi connectivity index (χ1) is 9.06. The molecule has 2 aromatic heterocycles. The Morgan fingerprint density at radius 1 is 1.47 bits per heavy atom. The number of nitrogens with zero attached hydrogens (tertiary/aromatic N) is 4. The number of hydrogen-bond acceptors (Lipinski definition) is 5. The normalized spacial score (nSPS) is 11.2. The van der Waals surface area contributed by atoms with Crippen molar-refractivity contribution in [3.05, 3.63) is 39.1 Å². The molecule has 0 radical (unpaired) electrons. The molecule has 0 amide bonds. The summed E-state index contributed by atoms with van der Waals surface area (Å²) < 4.78 is 6.96. The Labute approximate surface area is 119 Å². The molecule has 0 spiro atoms. The van der Waals surface area contributed by atoms with Gasteiger partial charge in [0.2, 0.25) is 5.89 Å². The fourth-order valence-electron chi connectivity index (χ4n) is 1.56. The lowest BCUT2D eigenvalue weighted by Crippen LogP contribution is -2.21. The molecule has 2 heterocycles. The Kier molecular flexibility index (Phi) is 4.47. The van der Waals surface area contributed by atoms with E-state index < -0.39 is 0 Å². The zero-order valence-electron chi connectivity index (χ0n) is 10.8. The third kappa shape index (κ3) is 3.73. The van der Waals surface area contributed by atoms with Crippen molar-refractivity contribution in [2.24, 2.45) is 5.92 Å². The van der Waals surface area contributed by atoms with Gasteiger partial charge in [0.05, 0.1) is 6.33 Å². The van der Waals surface area contributed by atoms with Crippen molar-refractivity contribution in [3.8, 4) is 0 Å². The number of aromatic nitrogens is 4. The molecule has 0 N–H and O–H groups in total. The van der Waals surface area contributed by atoms with Crippen LogP contribution in [0.4, 0.5) is 0 Å². The quantitative estimate of drug-likeness (QED) is 0.840. The molecule has 2 aromatic rings. The number of hydrogen-bond donors (Lipinski definition) is 0. The van der Waals surface area contributed by atoms with Crippen LogP contribution in [-0.2, 0) is 13.0 Å². The van der Waals surface area contributed by atoms with Crippen molar-refractivity contribution < 1.29 is 4.52 Å². The van der Waals surface area contributed by atoms with Gasteiger partial charge in [-0.2, -0.15) is 4.98 Å². The molecule has 0 bridgehead atoms. The first-order valence-electron chi connectivity index (χ1n) is 6.07. The minimum absolute atomic E-state index is 0.170. The largest absolute Gasteiger partial charge is 0.337 e. The molecule has 0 aliphatic carbocycles. The SMILES string of the molecule is CC(C)CCc1noc(Cn2cncc(Br)c2=O)n1. The molecule has 7 heteroatoms. The van der Waals surface area contributed by atoms with Crippen LogP contribution in [0, 0.1) is 5.92 Å². The molecule has 0 saturated carbocycles. The van der Waals surface area contributed by atoms with Crippen molar-refractivity contribution in [1.82, 2.24) is 19.7 Å². The maximum atomic E-state index is 11.8. The van der Waals surface area contributed by atoms with Crippen LogP contribution in [0.1, 0.15) is 32.0 Å². The second-order valence-electron chi connectivity index (χ2n) is 4.71. The first-order valence-corrected chi connectivity index (χ1v) is 6.87. The third-order valence-corrected chi connectivity index (χ3v) is 3.16. The third-order valence-electron chi connectivity index (χ3n) is 2.62. The van der Waals surface area contributed by atoms with E-state index in [0.29, 0.717) is 22.1 Å². The Morgan fingerprint density at radius 3 is 3.00 bits per heavy atom. The van der Waals surface area contributed by atoms with Gasteiger partial charge in [0, 0.05) is 12.6 Å². The monoisotopic (exact) mass is 326 g/mol. The van der Waals surface area contributed by atoms with Crippen molar-refractivity contribution >= 4 is 15.9 Å². The van der Waals surface area contributed by atoms with Crippen molar-refractivity contribution in [2.45, 2.75) is 33.2 Å². The minimum Gasteiger partial charge on any atom is -0.337 e. The Balaban J connectivity index is 2.07. The molecule has 0 fully saturated rings. The Hall–Kier alpha value is -1.50. The van der Waals surface area contributed by atoms with E-state index in [4.69, 9.17) is 4.52 Å². The van der Waals surface area contributed by atoms with Gasteiger partial charge in [-0.05, 0) is 28.3 Å². The highest BCUT2D eigenvalue weighted by molar-refractivity contribution is 9.10. The van der Waals surface area contributed by atoms with Gasteiger partial charge < -0.3 is 4.52 Å². The molecule has 0 aliphatic rings. The van der Waals surface area contributed by atoms with E-state index in [-0.39, 0.29) is 12.1 Å². The fourth-order valence-corrected chi connectivity index (χ4v) is 1.90. The smallest absolute Gasteiger partial charge is 0.268 e. The van der Waals surface area contributed by atoms with E-state index in [1.807, 2.05) is 0 Å². The molecule has 0 saturated heterocycles. The summed E-state index contributed by atoms with van der Waals surface area (Å²) in [5.41, 5.74) is -0.170. The summed E-state index contributed by atoms with van der Waals surface area (Å²) in [5.74, 6) is 1.69. The van der Waals surface area contributed by atoms with E-state index in [0.717, 1.165) is 12.8 Å². The molecule has 102 valence electrons. The van der Waals surface area contributed by atoms with Gasteiger partial charge in [-0.25, -0.2) is 4.98 Å². The molecule has 2 rings (SSSR count). The molecule has 6 nitrogen and oxygen atoms in total. The van der Waals surface area contributed by atoms with Crippen LogP contribution in [0.25, 0.3) is 0 Å². The maximum absolute atomic E-state index is 11.8. The molecule has 0 unspecified atom stereocenters. The highest BCUT2D eigenvalue weighted by Gasteiger charge is 2.09. The highest BCUT2D eigenvalue weighted by atomic mass is 79.9. The summed E-state index contributed by atoms with van der Waals surface area (Å²) in [4.78, 5) is 20.0. The summed E-state index contributed by atoms with van der Waals surface area (Å²) in [5, 5.41) is 3.90. The fraction of sp³-hybridized carbons (Fsp3) is 0.500. The van der Waals surface area contributed by atoms with E-state index in [1.165, 1.54) is 17.1 Å². The van der Waals surface area contributed by atoms with Crippen LogP contribution < -0.4 is 5.56 Å². The van der Waals surface area contributed by atoms with Crippen molar-refractivity contribution in [2.75, 3.05) is 0 Å². The Morgan fingerprint density at radius 2 is 2.26 bits per heavy atom. The van der Waals surface area contributed by atoms with Gasteiger partial charge in [0.15, 0.2) is 5.82 Å². The number of halogens is 1. The average Bonchev–Trinajstić information content (AvgIpc) is 2.80. The summed E-state index contributed by atoms with van der Waals surface area (Å²) in [6.45, 7) is 4.53. The van der Waals surface area contributed by atoms with Gasteiger partial charge in [0.25, 0.3) is 5.56 Å². The predicted molar refractivity (Wildman–Crippen MR) is 72.8 cm³/mol. The summed E-state index contributed by atoms with van der Waals surface area (Å²) in [7, 11) is 0. The first kappa shape index (κ1) is 13.9. The van der Waals surface area contributed by atoms with Crippen molar-refractivity contribution in [1.29, 1.82) is 0 Å². The number of aryl methyl sites for hydroxylation is 1. The van der Waals surface area contributed by atoms with E-state index in [2.05, 4.69) is 44.9 Å². The van der Waals surface area contributed by atoms with Gasteiger partial charge in [-0.15, -0.1) is 0 Å². The van der Waals surface area contributed by atoms with Crippen LogP contribution >= 0.6 is 15.9 Å². The molecular weight excluding hydrogens is 312 g/mol. The maximum Gasteiger partial charge on any atom is 0.268 e. The lowest BCUT2D eigenvalue weighted by atomic mass is 10.1. The molecule has 0 atom stereocenters. The zero-order valence-corrected chi connectivity index (χ0v) is 12.4. The molecule has 0 aromatic carbocycles. The van der Waals surface area contributed by atoms with Crippen LogP contribution in [-0.4, -0.2) is 19.7 Å². The second-order valence-corrected chi connectivity index (χ2v) is 5.57. The van der Waals surface area contributed by atoms with E-state index in [9.17, 15) is 4.79 Å². The van der Waals surface area contributed by atoms with Gasteiger partial charge in [-0.1, -0.05) is 19.0 Å². The van der Waals surface area contributed by atoms with Crippen LogP contribution in [0.3, 0.4) is 0 Å². The standard InChI is InChI=1S/C12H15BrN4O2/c1-8(2)3-4-10-15-11(19-16-10)6-17-7-14-5-9(13)12(17)18/h5,7-8H,3-4,6H2,1-2H3. The van der Waals surface area contributed by atoms with Gasteiger partial charge in [-0.3, -0.25) is 9.36 Å². The van der Waals surface area contributed by atoms with Gasteiger partial charge >= 0.3 is 0 Å². The molecule has 19 heavy (non-hydrogen) atoms. The number of rotatable bonds is 5. The predicted octanol–water partition coefficient (Wildman–Crippen LogP) is 2.03. The van der Waals surface area contributed by atoms with E-state index >= 15 is 0 Å². The van der Waals surface area contributed by atoms with Crippen LogP contribution in [0.15, 0.2) is 26.3 Å². The van der Waals surface area contributed by atoms with Crippen LogP contribution in [0.5, 0.6) is 0 Å². The van der Waals surface area contributed by atoms with Crippen molar-refractivity contribution in [3.63, 3.8) is 0 Å². The minimum atomic E-state index is -0.170. The van der Waals surface area contributed by atoms with Gasteiger partial charge in [0.1, 0.15) is 11.0 Å². The zero-order chi connectivity index (χ0) is 13.8. The lowest BCUT2D eigenvalue weighted by Gasteiger charge is -2.00. The summed E-state index contributed by atoms with van der Waals surface area (Å²) >= 11 is 3.14. The summed E-state index contributed by atoms with van der Waals surface area (Å²) in [6.07, 6.45) is 4.70. The highest BCUT2D eigenvalue weighted by Crippen LogP contribution is 2.07. The van der Waals surface area contributed by atoms with E-state index in [1.54, 1.807) is 0 Å². The molecular formula is C12H15BrN4O2. The summed E-state index contributed by atoms with van der Waals surface area (Å²) in [6, 6.07) is 0. The van der Waals surface area contributed by atoms with Crippen LogP contribution in [0.2, 0.25) is 0 Å². The second kappa shape index (κ2) is 6.10. The molecule has 0 aliphatic heterocycles. The average molecular weight is 327 g/mol. The lowest BCUT2D eigenvalue weighted by molar-refractivity contribution is 0.363.